The van der Waals surface area contributed by atoms with Gasteiger partial charge in [0.25, 0.3) is 5.89 Å². The van der Waals surface area contributed by atoms with Gasteiger partial charge < -0.3 is 15.2 Å². The maximum Gasteiger partial charge on any atom is 0.257 e. The van der Waals surface area contributed by atoms with Gasteiger partial charge in [-0.05, 0) is 56.6 Å². The minimum absolute atomic E-state index is 0.511. The van der Waals surface area contributed by atoms with Crippen LogP contribution in [0.3, 0.4) is 0 Å². The van der Waals surface area contributed by atoms with Crippen LogP contribution in [0, 0.1) is 0 Å². The summed E-state index contributed by atoms with van der Waals surface area (Å²) in [5.41, 5.74) is 2.07. The topological polar surface area (TPSA) is 75.3 Å². The van der Waals surface area contributed by atoms with Crippen molar-refractivity contribution >= 4 is 17.7 Å². The van der Waals surface area contributed by atoms with Gasteiger partial charge in [0.2, 0.25) is 0 Å². The average molecular weight is 402 g/mol. The second-order valence-electron chi connectivity index (χ2n) is 7.17. The lowest BCUT2D eigenvalue weighted by Gasteiger charge is -2.17. The summed E-state index contributed by atoms with van der Waals surface area (Å²) in [5, 5.41) is 11.8. The quantitative estimate of drug-likeness (QED) is 0.514. The van der Waals surface area contributed by atoms with Crippen LogP contribution in [0.2, 0.25) is 0 Å². The lowest BCUT2D eigenvalue weighted by molar-refractivity contribution is 0.422. The van der Waals surface area contributed by atoms with Crippen molar-refractivity contribution in [1.29, 1.82) is 0 Å². The van der Waals surface area contributed by atoms with Crippen LogP contribution in [-0.2, 0) is 13.0 Å². The van der Waals surface area contributed by atoms with Gasteiger partial charge in [-0.15, -0.1) is 0 Å². The average Bonchev–Trinajstić information content (AvgIpc) is 3.36. The molecule has 7 heteroatoms. The number of thioether (sulfide) groups is 1. The molecule has 0 spiro atoms. The van der Waals surface area contributed by atoms with Gasteiger partial charge in [0.15, 0.2) is 11.8 Å². The summed E-state index contributed by atoms with van der Waals surface area (Å²) in [5.74, 6) is 2.23. The van der Waals surface area contributed by atoms with Gasteiger partial charge in [0.1, 0.15) is 0 Å². The molecule has 2 unspecified atom stereocenters. The Morgan fingerprint density at radius 1 is 1.32 bits per heavy atom. The Bertz CT molecular complexity index is 776. The van der Waals surface area contributed by atoms with Crippen molar-refractivity contribution in [2.75, 3.05) is 12.8 Å². The molecule has 1 saturated carbocycles. The molecular weight excluding hydrogens is 370 g/mol. The third-order valence-electron chi connectivity index (χ3n) is 4.94. The second kappa shape index (κ2) is 10.5. The van der Waals surface area contributed by atoms with Gasteiger partial charge in [0, 0.05) is 29.8 Å². The number of hydrogen-bond donors (Lipinski definition) is 2. The Morgan fingerprint density at radius 2 is 2.21 bits per heavy atom. The van der Waals surface area contributed by atoms with Crippen molar-refractivity contribution in [2.24, 2.45) is 4.99 Å². The standard InChI is InChI=1S/C21H31N5OS/c1-4-7-19-25-20(27-26-19)16-9-6-8-15(12-16)14-23-21(22-5-2)24-17-10-11-18(13-17)28-3/h6,8-9,12,17-18H,4-5,7,10-11,13-14H2,1-3H3,(H2,22,23,24). The molecule has 1 aromatic carbocycles. The fourth-order valence-electron chi connectivity index (χ4n) is 3.47. The normalized spacial score (nSPS) is 19.8. The summed E-state index contributed by atoms with van der Waals surface area (Å²) >= 11 is 1.97. The third-order valence-corrected chi connectivity index (χ3v) is 6.03. The Balaban J connectivity index is 1.65. The number of aliphatic imine (C=N–C) groups is 1. The largest absolute Gasteiger partial charge is 0.357 e. The van der Waals surface area contributed by atoms with E-state index in [2.05, 4.69) is 53.0 Å². The van der Waals surface area contributed by atoms with E-state index in [1.165, 1.54) is 19.3 Å². The molecule has 1 aliphatic rings. The van der Waals surface area contributed by atoms with Gasteiger partial charge >= 0.3 is 0 Å². The molecule has 2 N–H and O–H groups in total. The van der Waals surface area contributed by atoms with E-state index in [0.29, 0.717) is 18.5 Å². The number of hydrogen-bond acceptors (Lipinski definition) is 5. The predicted octanol–water partition coefficient (Wildman–Crippen LogP) is 4.03. The summed E-state index contributed by atoms with van der Waals surface area (Å²) in [7, 11) is 0. The number of guanidine groups is 1. The highest BCUT2D eigenvalue weighted by atomic mass is 32.2. The van der Waals surface area contributed by atoms with Gasteiger partial charge in [0.05, 0.1) is 6.54 Å². The maximum atomic E-state index is 5.41. The molecule has 1 aromatic heterocycles. The molecule has 2 atom stereocenters. The first-order valence-corrected chi connectivity index (χ1v) is 11.5. The van der Waals surface area contributed by atoms with Gasteiger partial charge in [-0.25, -0.2) is 4.99 Å². The van der Waals surface area contributed by atoms with Crippen molar-refractivity contribution in [3.8, 4) is 11.5 Å². The van der Waals surface area contributed by atoms with Gasteiger partial charge in [-0.2, -0.15) is 16.7 Å². The highest BCUT2D eigenvalue weighted by Crippen LogP contribution is 2.28. The first-order valence-electron chi connectivity index (χ1n) is 10.2. The molecule has 1 fully saturated rings. The van der Waals surface area contributed by atoms with Gasteiger partial charge in [-0.1, -0.05) is 24.2 Å². The van der Waals surface area contributed by atoms with Crippen LogP contribution < -0.4 is 10.6 Å². The van der Waals surface area contributed by atoms with Crippen LogP contribution in [-0.4, -0.2) is 40.2 Å². The fourth-order valence-corrected chi connectivity index (χ4v) is 4.26. The Morgan fingerprint density at radius 3 is 2.96 bits per heavy atom. The second-order valence-corrected chi connectivity index (χ2v) is 8.31. The summed E-state index contributed by atoms with van der Waals surface area (Å²) in [6, 6.07) is 8.69. The summed E-state index contributed by atoms with van der Waals surface area (Å²) in [6.07, 6.45) is 7.75. The van der Waals surface area contributed by atoms with Crippen LogP contribution in [0.1, 0.15) is 50.9 Å². The Kier molecular flexibility index (Phi) is 7.77. The summed E-state index contributed by atoms with van der Waals surface area (Å²) in [6.45, 7) is 5.67. The maximum absolute atomic E-state index is 5.41. The van der Waals surface area contributed by atoms with Crippen LogP contribution in [0.5, 0.6) is 0 Å². The van der Waals surface area contributed by atoms with E-state index >= 15 is 0 Å². The molecule has 6 nitrogen and oxygen atoms in total. The van der Waals surface area contributed by atoms with Gasteiger partial charge in [-0.3, -0.25) is 0 Å². The fraction of sp³-hybridized carbons (Fsp3) is 0.571. The van der Waals surface area contributed by atoms with Crippen molar-refractivity contribution in [3.05, 3.63) is 35.7 Å². The minimum Gasteiger partial charge on any atom is -0.357 e. The van der Waals surface area contributed by atoms with E-state index in [4.69, 9.17) is 9.52 Å². The first-order chi connectivity index (χ1) is 13.7. The molecule has 1 heterocycles. The monoisotopic (exact) mass is 401 g/mol. The van der Waals surface area contributed by atoms with E-state index in [0.717, 1.165) is 47.5 Å². The van der Waals surface area contributed by atoms with Crippen LogP contribution in [0.15, 0.2) is 33.8 Å². The number of benzene rings is 1. The first kappa shape index (κ1) is 20.7. The molecule has 2 aromatic rings. The Hall–Kier alpha value is -2.02. The van der Waals surface area contributed by atoms with Crippen molar-refractivity contribution < 1.29 is 4.52 Å². The van der Waals surface area contributed by atoms with Crippen molar-refractivity contribution in [3.63, 3.8) is 0 Å². The molecule has 28 heavy (non-hydrogen) atoms. The number of rotatable bonds is 8. The third kappa shape index (κ3) is 5.74. The Labute approximate surface area is 172 Å². The highest BCUT2D eigenvalue weighted by molar-refractivity contribution is 7.99. The number of nitrogens with one attached hydrogen (secondary N) is 2. The van der Waals surface area contributed by atoms with E-state index < -0.39 is 0 Å². The lowest BCUT2D eigenvalue weighted by atomic mass is 10.1. The van der Waals surface area contributed by atoms with Crippen LogP contribution >= 0.6 is 11.8 Å². The van der Waals surface area contributed by atoms with Crippen molar-refractivity contribution in [2.45, 2.75) is 63.8 Å². The van der Waals surface area contributed by atoms with Crippen LogP contribution in [0.4, 0.5) is 0 Å². The highest BCUT2D eigenvalue weighted by Gasteiger charge is 2.24. The zero-order chi connectivity index (χ0) is 19.8. The SMILES string of the molecule is CCCc1noc(-c2cccc(CN=C(NCC)NC3CCC(SC)C3)c2)n1. The molecule has 0 aliphatic heterocycles. The molecule has 3 rings (SSSR count). The lowest BCUT2D eigenvalue weighted by Crippen LogP contribution is -2.42. The van der Waals surface area contributed by atoms with Crippen molar-refractivity contribution in [1.82, 2.24) is 20.8 Å². The molecular formula is C21H31N5OS. The molecule has 152 valence electrons. The molecule has 0 amide bonds. The summed E-state index contributed by atoms with van der Waals surface area (Å²) in [4.78, 5) is 9.27. The van der Waals surface area contributed by atoms with E-state index in [-0.39, 0.29) is 0 Å². The molecule has 0 radical (unpaired) electrons. The number of aryl methyl sites for hydroxylation is 1. The predicted molar refractivity (Wildman–Crippen MR) is 117 cm³/mol. The number of nitrogens with zero attached hydrogens (tertiary/aromatic N) is 3. The zero-order valence-corrected chi connectivity index (χ0v) is 17.9. The van der Waals surface area contributed by atoms with Crippen LogP contribution in [0.25, 0.3) is 11.5 Å². The minimum atomic E-state index is 0.511. The number of aromatic nitrogens is 2. The van der Waals surface area contributed by atoms with E-state index in [1.54, 1.807) is 0 Å². The van der Waals surface area contributed by atoms with E-state index in [1.807, 2.05) is 23.9 Å². The molecule has 0 bridgehead atoms. The smallest absolute Gasteiger partial charge is 0.257 e. The molecule has 1 aliphatic carbocycles. The zero-order valence-electron chi connectivity index (χ0n) is 17.1. The van der Waals surface area contributed by atoms with E-state index in [9.17, 15) is 0 Å². The molecule has 0 saturated heterocycles. The summed E-state index contributed by atoms with van der Waals surface area (Å²) < 4.78 is 5.41.